The van der Waals surface area contributed by atoms with Crippen LogP contribution in [0.2, 0.25) is 0 Å². The van der Waals surface area contributed by atoms with E-state index in [1.807, 2.05) is 0 Å². The van der Waals surface area contributed by atoms with Gasteiger partial charge in [-0.1, -0.05) is 6.92 Å². The minimum absolute atomic E-state index is 0.119. The van der Waals surface area contributed by atoms with Crippen LogP contribution in [0, 0.1) is 17.8 Å². The number of carbonyl (C=O) groups is 1. The van der Waals surface area contributed by atoms with Gasteiger partial charge in [0.1, 0.15) is 5.78 Å². The van der Waals surface area contributed by atoms with Crippen LogP contribution in [0.5, 0.6) is 0 Å². The Labute approximate surface area is 115 Å². The van der Waals surface area contributed by atoms with Gasteiger partial charge in [0.05, 0.1) is 6.26 Å². The summed E-state index contributed by atoms with van der Waals surface area (Å²) in [7, 11) is -3.11. The molecule has 2 saturated heterocycles. The topological polar surface area (TPSA) is 66.5 Å². The minimum atomic E-state index is -3.11. The van der Waals surface area contributed by atoms with Crippen LogP contribution in [0.25, 0.3) is 0 Å². The Balaban J connectivity index is 1.90. The number of hydrogen-bond donors (Lipinski definition) is 1. The summed E-state index contributed by atoms with van der Waals surface area (Å²) in [5.41, 5.74) is 0. The van der Waals surface area contributed by atoms with Crippen LogP contribution in [-0.2, 0) is 14.8 Å². The molecule has 0 saturated carbocycles. The van der Waals surface area contributed by atoms with Gasteiger partial charge in [-0.05, 0) is 31.2 Å². The fourth-order valence-corrected chi connectivity index (χ4v) is 4.11. The zero-order valence-corrected chi connectivity index (χ0v) is 12.6. The molecule has 1 N–H and O–H groups in total. The SMILES string of the molecule is CC1CNCC1C(=O)CC1CCCN(S(C)(=O)=O)C1. The van der Waals surface area contributed by atoms with Crippen LogP contribution in [0.15, 0.2) is 0 Å². The molecule has 5 nitrogen and oxygen atoms in total. The van der Waals surface area contributed by atoms with Gasteiger partial charge in [0.25, 0.3) is 0 Å². The number of piperidine rings is 1. The molecule has 2 rings (SSSR count). The monoisotopic (exact) mass is 288 g/mol. The molecule has 6 heteroatoms. The summed E-state index contributed by atoms with van der Waals surface area (Å²) in [4.78, 5) is 12.3. The van der Waals surface area contributed by atoms with Crippen molar-refractivity contribution in [1.29, 1.82) is 0 Å². The van der Waals surface area contributed by atoms with Crippen LogP contribution in [0.1, 0.15) is 26.2 Å². The van der Waals surface area contributed by atoms with Gasteiger partial charge in [0, 0.05) is 32.0 Å². The van der Waals surface area contributed by atoms with Crippen molar-refractivity contribution >= 4 is 15.8 Å². The van der Waals surface area contributed by atoms with Crippen molar-refractivity contribution in [2.75, 3.05) is 32.4 Å². The summed E-state index contributed by atoms with van der Waals surface area (Å²) in [5.74, 6) is 1.03. The van der Waals surface area contributed by atoms with Gasteiger partial charge in [-0.2, -0.15) is 0 Å². The highest BCUT2D eigenvalue weighted by atomic mass is 32.2. The Morgan fingerprint density at radius 1 is 1.37 bits per heavy atom. The van der Waals surface area contributed by atoms with E-state index >= 15 is 0 Å². The van der Waals surface area contributed by atoms with Gasteiger partial charge < -0.3 is 5.32 Å². The van der Waals surface area contributed by atoms with Gasteiger partial charge in [-0.15, -0.1) is 0 Å². The number of nitrogens with zero attached hydrogens (tertiary/aromatic N) is 1. The number of hydrogen-bond acceptors (Lipinski definition) is 4. The van der Waals surface area contributed by atoms with Gasteiger partial charge in [-0.3, -0.25) is 4.79 Å². The van der Waals surface area contributed by atoms with Gasteiger partial charge in [0.15, 0.2) is 0 Å². The average Bonchev–Trinajstić information content (AvgIpc) is 2.75. The lowest BCUT2D eigenvalue weighted by molar-refractivity contribution is -0.124. The predicted molar refractivity (Wildman–Crippen MR) is 74.3 cm³/mol. The fraction of sp³-hybridized carbons (Fsp3) is 0.923. The van der Waals surface area contributed by atoms with E-state index in [0.29, 0.717) is 31.2 Å². The first kappa shape index (κ1) is 14.9. The Morgan fingerprint density at radius 2 is 2.11 bits per heavy atom. The van der Waals surface area contributed by atoms with Crippen LogP contribution in [-0.4, -0.2) is 50.9 Å². The summed E-state index contributed by atoms with van der Waals surface area (Å²) >= 11 is 0. The molecule has 3 unspecified atom stereocenters. The first-order valence-electron chi connectivity index (χ1n) is 7.06. The predicted octanol–water partition coefficient (Wildman–Crippen LogP) is 0.473. The molecule has 0 aromatic rings. The van der Waals surface area contributed by atoms with E-state index in [0.717, 1.165) is 25.9 Å². The molecule has 2 heterocycles. The van der Waals surface area contributed by atoms with E-state index in [1.54, 1.807) is 0 Å². The van der Waals surface area contributed by atoms with Crippen LogP contribution in [0.4, 0.5) is 0 Å². The van der Waals surface area contributed by atoms with Crippen LogP contribution >= 0.6 is 0 Å². The third-order valence-corrected chi connectivity index (χ3v) is 5.64. The van der Waals surface area contributed by atoms with Gasteiger partial charge >= 0.3 is 0 Å². The minimum Gasteiger partial charge on any atom is -0.316 e. The molecule has 2 fully saturated rings. The molecule has 0 aromatic carbocycles. The molecule has 2 aliphatic rings. The summed E-state index contributed by atoms with van der Waals surface area (Å²) in [6.07, 6.45) is 3.61. The second-order valence-electron chi connectivity index (χ2n) is 6.04. The summed E-state index contributed by atoms with van der Waals surface area (Å²) in [6, 6.07) is 0. The Hall–Kier alpha value is -0.460. The van der Waals surface area contributed by atoms with E-state index in [9.17, 15) is 13.2 Å². The normalized spacial score (nSPS) is 33.5. The first-order chi connectivity index (χ1) is 8.88. The molecule has 3 atom stereocenters. The van der Waals surface area contributed by atoms with Crippen molar-refractivity contribution < 1.29 is 13.2 Å². The van der Waals surface area contributed by atoms with E-state index in [-0.39, 0.29) is 11.8 Å². The molecule has 0 radical (unpaired) electrons. The lowest BCUT2D eigenvalue weighted by Crippen LogP contribution is -2.40. The largest absolute Gasteiger partial charge is 0.316 e. The maximum absolute atomic E-state index is 12.3. The lowest BCUT2D eigenvalue weighted by atomic mass is 9.86. The zero-order chi connectivity index (χ0) is 14.0. The number of carbonyl (C=O) groups excluding carboxylic acids is 1. The molecule has 110 valence electrons. The molecular formula is C13H24N2O3S. The highest BCUT2D eigenvalue weighted by Gasteiger charge is 2.33. The maximum atomic E-state index is 12.3. The van der Waals surface area contributed by atoms with E-state index in [1.165, 1.54) is 10.6 Å². The highest BCUT2D eigenvalue weighted by Crippen LogP contribution is 2.26. The number of ketones is 1. The fourth-order valence-electron chi connectivity index (χ4n) is 3.17. The molecule has 19 heavy (non-hydrogen) atoms. The Bertz CT molecular complexity index is 435. The van der Waals surface area contributed by atoms with Crippen molar-refractivity contribution in [1.82, 2.24) is 9.62 Å². The van der Waals surface area contributed by atoms with Crippen molar-refractivity contribution in [2.24, 2.45) is 17.8 Å². The second-order valence-corrected chi connectivity index (χ2v) is 8.02. The highest BCUT2D eigenvalue weighted by molar-refractivity contribution is 7.88. The van der Waals surface area contributed by atoms with Crippen molar-refractivity contribution in [3.05, 3.63) is 0 Å². The van der Waals surface area contributed by atoms with E-state index < -0.39 is 10.0 Å². The van der Waals surface area contributed by atoms with E-state index in [4.69, 9.17) is 0 Å². The smallest absolute Gasteiger partial charge is 0.211 e. The molecule has 2 aliphatic heterocycles. The standard InChI is InChI=1S/C13H24N2O3S/c1-10-7-14-8-12(10)13(16)6-11-4-3-5-15(9-11)19(2,17)18/h10-12,14H,3-9H2,1-2H3. The Kier molecular flexibility index (Phi) is 4.63. The molecule has 0 aromatic heterocycles. The lowest BCUT2D eigenvalue weighted by Gasteiger charge is -2.31. The third-order valence-electron chi connectivity index (χ3n) is 4.37. The number of Topliss-reactive ketones (excluding diaryl/α,β-unsaturated/α-hetero) is 1. The van der Waals surface area contributed by atoms with Crippen LogP contribution in [0.3, 0.4) is 0 Å². The zero-order valence-electron chi connectivity index (χ0n) is 11.8. The second kappa shape index (κ2) is 5.89. The first-order valence-corrected chi connectivity index (χ1v) is 8.91. The molecule has 0 spiro atoms. The van der Waals surface area contributed by atoms with Crippen molar-refractivity contribution in [3.8, 4) is 0 Å². The van der Waals surface area contributed by atoms with Gasteiger partial charge in [-0.25, -0.2) is 12.7 Å². The summed E-state index contributed by atoms with van der Waals surface area (Å²) in [6.45, 7) is 4.91. The molecular weight excluding hydrogens is 264 g/mol. The third kappa shape index (κ3) is 3.77. The maximum Gasteiger partial charge on any atom is 0.211 e. The van der Waals surface area contributed by atoms with E-state index in [2.05, 4.69) is 12.2 Å². The quantitative estimate of drug-likeness (QED) is 0.817. The van der Waals surface area contributed by atoms with Crippen molar-refractivity contribution in [3.63, 3.8) is 0 Å². The number of nitrogens with one attached hydrogen (secondary N) is 1. The summed E-state index contributed by atoms with van der Waals surface area (Å²) in [5, 5.41) is 3.25. The van der Waals surface area contributed by atoms with Crippen LogP contribution < -0.4 is 5.32 Å². The summed E-state index contributed by atoms with van der Waals surface area (Å²) < 4.78 is 24.6. The Morgan fingerprint density at radius 3 is 2.68 bits per heavy atom. The van der Waals surface area contributed by atoms with Gasteiger partial charge in [0.2, 0.25) is 10.0 Å². The molecule has 0 aliphatic carbocycles. The molecule has 0 bridgehead atoms. The number of rotatable bonds is 4. The molecule has 0 amide bonds. The van der Waals surface area contributed by atoms with Crippen molar-refractivity contribution in [2.45, 2.75) is 26.2 Å². The average molecular weight is 288 g/mol. The number of sulfonamides is 1.